The van der Waals surface area contributed by atoms with Crippen LogP contribution in [0.4, 0.5) is 18.0 Å². The van der Waals surface area contributed by atoms with Gasteiger partial charge in [0.2, 0.25) is 0 Å². The lowest BCUT2D eigenvalue weighted by Gasteiger charge is -2.23. The van der Waals surface area contributed by atoms with Gasteiger partial charge in [0, 0.05) is 13.2 Å². The Morgan fingerprint density at radius 2 is 1.92 bits per heavy atom. The van der Waals surface area contributed by atoms with E-state index in [1.165, 1.54) is 19.1 Å². The molecule has 0 bridgehead atoms. The second-order valence-corrected chi connectivity index (χ2v) is 5.87. The maximum atomic E-state index is 12.9. The molecule has 132 valence electrons. The van der Waals surface area contributed by atoms with Gasteiger partial charge in [-0.05, 0) is 43.9 Å². The Morgan fingerprint density at radius 1 is 1.21 bits per heavy atom. The van der Waals surface area contributed by atoms with E-state index in [0.29, 0.717) is 19.3 Å². The summed E-state index contributed by atoms with van der Waals surface area (Å²) >= 11 is 0. The quantitative estimate of drug-likeness (QED) is 0.616. The Kier molecular flexibility index (Phi) is 5.17. The zero-order chi connectivity index (χ0) is 18.0. The fraction of sp³-hybridized carbons (Fsp3) is 0.500. The number of carbonyl (C=O) groups excluding carboxylic acids is 2. The molecule has 5 nitrogen and oxygen atoms in total. The highest BCUT2D eigenvalue weighted by Gasteiger charge is 2.49. The van der Waals surface area contributed by atoms with Gasteiger partial charge < -0.3 is 10.4 Å². The number of nitrogens with zero attached hydrogens (tertiary/aromatic N) is 1. The first-order valence-electron chi connectivity index (χ1n) is 7.63. The van der Waals surface area contributed by atoms with E-state index in [-0.39, 0.29) is 18.7 Å². The van der Waals surface area contributed by atoms with Crippen LogP contribution in [0.5, 0.6) is 0 Å². The van der Waals surface area contributed by atoms with Crippen LogP contribution in [0.2, 0.25) is 0 Å². The van der Waals surface area contributed by atoms with Crippen LogP contribution in [0.1, 0.15) is 37.3 Å². The first-order chi connectivity index (χ1) is 11.2. The number of hydrogen-bond donors (Lipinski definition) is 2. The molecule has 24 heavy (non-hydrogen) atoms. The highest BCUT2D eigenvalue weighted by molar-refractivity contribution is 6.07. The number of urea groups is 1. The summed E-state index contributed by atoms with van der Waals surface area (Å²) in [5.41, 5.74) is -2.30. The van der Waals surface area contributed by atoms with Crippen LogP contribution in [0.3, 0.4) is 0 Å². The summed E-state index contributed by atoms with van der Waals surface area (Å²) in [5.74, 6) is -0.573. The molecule has 1 heterocycles. The van der Waals surface area contributed by atoms with Gasteiger partial charge in [-0.3, -0.25) is 9.69 Å². The van der Waals surface area contributed by atoms with Crippen molar-refractivity contribution in [3.8, 4) is 0 Å². The summed E-state index contributed by atoms with van der Waals surface area (Å²) in [5, 5.41) is 11.2. The summed E-state index contributed by atoms with van der Waals surface area (Å²) in [7, 11) is 0. The number of nitrogens with one attached hydrogen (secondary N) is 1. The van der Waals surface area contributed by atoms with Crippen molar-refractivity contribution in [2.24, 2.45) is 0 Å². The van der Waals surface area contributed by atoms with Crippen molar-refractivity contribution in [3.63, 3.8) is 0 Å². The van der Waals surface area contributed by atoms with E-state index in [4.69, 9.17) is 5.11 Å². The second-order valence-electron chi connectivity index (χ2n) is 5.87. The molecule has 1 aliphatic heterocycles. The first-order valence-corrected chi connectivity index (χ1v) is 7.63. The van der Waals surface area contributed by atoms with Crippen molar-refractivity contribution in [2.75, 3.05) is 13.2 Å². The van der Waals surface area contributed by atoms with Crippen molar-refractivity contribution < 1.29 is 27.9 Å². The van der Waals surface area contributed by atoms with Crippen molar-refractivity contribution in [3.05, 3.63) is 35.4 Å². The molecular formula is C16H19F3N2O3. The van der Waals surface area contributed by atoms with Crippen LogP contribution < -0.4 is 5.32 Å². The monoisotopic (exact) mass is 344 g/mol. The largest absolute Gasteiger partial charge is 0.416 e. The van der Waals surface area contributed by atoms with E-state index in [1.807, 2.05) is 0 Å². The smallest absolute Gasteiger partial charge is 0.396 e. The van der Waals surface area contributed by atoms with E-state index in [9.17, 15) is 22.8 Å². The van der Waals surface area contributed by atoms with Gasteiger partial charge in [0.15, 0.2) is 0 Å². The molecule has 1 aliphatic rings. The molecule has 1 fully saturated rings. The van der Waals surface area contributed by atoms with Crippen molar-refractivity contribution in [1.82, 2.24) is 10.2 Å². The zero-order valence-electron chi connectivity index (χ0n) is 13.2. The second kappa shape index (κ2) is 6.80. The molecule has 0 spiro atoms. The third-order valence-electron chi connectivity index (χ3n) is 4.08. The molecule has 2 rings (SSSR count). The lowest BCUT2D eigenvalue weighted by atomic mass is 9.90. The number of alkyl halides is 3. The van der Waals surface area contributed by atoms with E-state index in [1.54, 1.807) is 0 Å². The number of amides is 3. The van der Waals surface area contributed by atoms with Crippen LogP contribution in [0.15, 0.2) is 24.3 Å². The Morgan fingerprint density at radius 3 is 2.54 bits per heavy atom. The average Bonchev–Trinajstić information content (AvgIpc) is 2.74. The van der Waals surface area contributed by atoms with E-state index in [2.05, 4.69) is 5.32 Å². The van der Waals surface area contributed by atoms with Gasteiger partial charge in [-0.15, -0.1) is 0 Å². The van der Waals surface area contributed by atoms with Crippen LogP contribution in [-0.4, -0.2) is 35.1 Å². The highest BCUT2D eigenvalue weighted by atomic mass is 19.4. The average molecular weight is 344 g/mol. The van der Waals surface area contributed by atoms with Gasteiger partial charge in [-0.1, -0.05) is 12.1 Å². The Balaban J connectivity index is 2.21. The summed E-state index contributed by atoms with van der Waals surface area (Å²) in [6, 6.07) is 3.79. The van der Waals surface area contributed by atoms with Crippen LogP contribution in [-0.2, 0) is 16.5 Å². The number of halogens is 3. The normalized spacial score (nSPS) is 21.3. The molecular weight excluding hydrogens is 325 g/mol. The molecule has 0 saturated carbocycles. The van der Waals surface area contributed by atoms with Gasteiger partial charge >= 0.3 is 12.2 Å². The maximum Gasteiger partial charge on any atom is 0.416 e. The zero-order valence-corrected chi connectivity index (χ0v) is 13.2. The molecule has 1 unspecified atom stereocenters. The number of aliphatic hydroxyl groups excluding tert-OH is 1. The van der Waals surface area contributed by atoms with Gasteiger partial charge in [0.1, 0.15) is 5.54 Å². The first kappa shape index (κ1) is 18.3. The molecule has 1 atom stereocenters. The standard InChI is InChI=1S/C16H19F3N2O3/c1-15(11-6-5-7-12(10-11)16(17,18)19)13(23)21(14(24)20-15)8-3-2-4-9-22/h5-7,10,22H,2-4,8-9H2,1H3,(H,20,24). The predicted octanol–water partition coefficient (Wildman–Crippen LogP) is 2.64. The molecule has 8 heteroatoms. The van der Waals surface area contributed by atoms with Crippen LogP contribution >= 0.6 is 0 Å². The lowest BCUT2D eigenvalue weighted by molar-refractivity contribution is -0.138. The summed E-state index contributed by atoms with van der Waals surface area (Å²) < 4.78 is 38.6. The third kappa shape index (κ3) is 3.53. The Bertz CT molecular complexity index is 633. The number of unbranched alkanes of at least 4 members (excludes halogenated alkanes) is 2. The minimum absolute atomic E-state index is 0.0299. The minimum atomic E-state index is -4.53. The van der Waals surface area contributed by atoms with E-state index < -0.39 is 29.2 Å². The molecule has 1 saturated heterocycles. The summed E-state index contributed by atoms with van der Waals surface area (Å²) in [4.78, 5) is 25.6. The van der Waals surface area contributed by atoms with Crippen molar-refractivity contribution in [1.29, 1.82) is 0 Å². The number of imide groups is 1. The molecule has 3 amide bonds. The lowest BCUT2D eigenvalue weighted by Crippen LogP contribution is -2.41. The van der Waals surface area contributed by atoms with Gasteiger partial charge in [-0.25, -0.2) is 4.79 Å². The Hall–Kier alpha value is -2.09. The molecule has 2 N–H and O–H groups in total. The Labute approximate surface area is 137 Å². The van der Waals surface area contributed by atoms with Gasteiger partial charge in [-0.2, -0.15) is 13.2 Å². The highest BCUT2D eigenvalue weighted by Crippen LogP contribution is 2.34. The van der Waals surface area contributed by atoms with Crippen molar-refractivity contribution >= 4 is 11.9 Å². The van der Waals surface area contributed by atoms with Crippen LogP contribution in [0, 0.1) is 0 Å². The molecule has 0 radical (unpaired) electrons. The van der Waals surface area contributed by atoms with Gasteiger partial charge in [0.25, 0.3) is 5.91 Å². The van der Waals surface area contributed by atoms with E-state index in [0.717, 1.165) is 17.0 Å². The topological polar surface area (TPSA) is 69.6 Å². The summed E-state index contributed by atoms with van der Waals surface area (Å²) in [6.45, 7) is 1.59. The number of benzene rings is 1. The predicted molar refractivity (Wildman–Crippen MR) is 80.0 cm³/mol. The number of aliphatic hydroxyl groups is 1. The number of carbonyl (C=O) groups is 2. The molecule has 1 aromatic rings. The number of rotatable bonds is 6. The minimum Gasteiger partial charge on any atom is -0.396 e. The van der Waals surface area contributed by atoms with E-state index >= 15 is 0 Å². The molecule has 1 aromatic carbocycles. The fourth-order valence-corrected chi connectivity index (χ4v) is 2.66. The molecule has 0 aliphatic carbocycles. The summed E-state index contributed by atoms with van der Waals surface area (Å²) in [6.07, 6.45) is -2.79. The third-order valence-corrected chi connectivity index (χ3v) is 4.08. The van der Waals surface area contributed by atoms with Gasteiger partial charge in [0.05, 0.1) is 5.56 Å². The maximum absolute atomic E-state index is 12.9. The fourth-order valence-electron chi connectivity index (χ4n) is 2.66. The number of hydrogen-bond acceptors (Lipinski definition) is 3. The SMILES string of the molecule is CC1(c2cccc(C(F)(F)F)c2)NC(=O)N(CCCCCO)C1=O. The van der Waals surface area contributed by atoms with Crippen LogP contribution in [0.25, 0.3) is 0 Å². The van der Waals surface area contributed by atoms with Crippen molar-refractivity contribution in [2.45, 2.75) is 37.9 Å². The molecule has 0 aromatic heterocycles.